The van der Waals surface area contributed by atoms with Crippen LogP contribution in [0.4, 0.5) is 18.9 Å². The van der Waals surface area contributed by atoms with E-state index in [2.05, 4.69) is 0 Å². The Hall–Kier alpha value is -3.06. The number of hydrogen-bond acceptors (Lipinski definition) is 2. The van der Waals surface area contributed by atoms with Gasteiger partial charge in [0.2, 0.25) is 0 Å². The van der Waals surface area contributed by atoms with E-state index >= 15 is 0 Å². The SMILES string of the molecule is NC(=O)c1ccc(F)c(-c2ccc3c(c2)CCCN3C(=O)C2=C(Cl)CCC=C2F)c1F. The van der Waals surface area contributed by atoms with Crippen LogP contribution in [0.15, 0.2) is 52.8 Å². The molecule has 2 aliphatic rings. The third kappa shape index (κ3) is 3.74. The van der Waals surface area contributed by atoms with Crippen molar-refractivity contribution in [3.63, 3.8) is 0 Å². The number of allylic oxidation sites excluding steroid dienone is 2. The third-order valence-corrected chi connectivity index (χ3v) is 5.88. The largest absolute Gasteiger partial charge is 0.366 e. The summed E-state index contributed by atoms with van der Waals surface area (Å²) in [5, 5.41) is 0.182. The van der Waals surface area contributed by atoms with Gasteiger partial charge >= 0.3 is 0 Å². The van der Waals surface area contributed by atoms with E-state index in [1.807, 2.05) is 0 Å². The van der Waals surface area contributed by atoms with Crippen LogP contribution in [0.3, 0.4) is 0 Å². The standard InChI is InChI=1S/C23H18ClF3N2O2/c24-15-4-1-5-16(25)20(15)23(31)29-10-2-3-12-11-13(6-9-18(12)29)19-17(26)8-7-14(21(19)27)22(28)30/h5-9,11H,1-4,10H2,(H2,28,30). The zero-order valence-electron chi connectivity index (χ0n) is 16.4. The highest BCUT2D eigenvalue weighted by molar-refractivity contribution is 6.33. The molecule has 2 aromatic rings. The highest BCUT2D eigenvalue weighted by atomic mass is 35.5. The smallest absolute Gasteiger partial charge is 0.262 e. The first-order valence-corrected chi connectivity index (χ1v) is 10.1. The first kappa shape index (κ1) is 21.2. The summed E-state index contributed by atoms with van der Waals surface area (Å²) in [4.78, 5) is 25.9. The zero-order chi connectivity index (χ0) is 22.3. The normalized spacial score (nSPS) is 16.1. The third-order valence-electron chi connectivity index (χ3n) is 5.50. The van der Waals surface area contributed by atoms with Crippen LogP contribution in [0.25, 0.3) is 11.1 Å². The number of halogens is 4. The molecule has 31 heavy (non-hydrogen) atoms. The van der Waals surface area contributed by atoms with E-state index in [9.17, 15) is 22.8 Å². The molecule has 0 saturated heterocycles. The molecule has 0 saturated carbocycles. The maximum absolute atomic E-state index is 14.8. The number of nitrogens with two attached hydrogens (primary N) is 1. The van der Waals surface area contributed by atoms with E-state index in [4.69, 9.17) is 17.3 Å². The highest BCUT2D eigenvalue weighted by Gasteiger charge is 2.30. The fourth-order valence-electron chi connectivity index (χ4n) is 4.01. The number of hydrogen-bond donors (Lipinski definition) is 1. The van der Waals surface area contributed by atoms with E-state index in [1.165, 1.54) is 17.0 Å². The van der Waals surface area contributed by atoms with Gasteiger partial charge < -0.3 is 10.6 Å². The Morgan fingerprint density at radius 3 is 2.55 bits per heavy atom. The van der Waals surface area contributed by atoms with Crippen molar-refractivity contribution >= 4 is 29.1 Å². The Bertz CT molecular complexity index is 1170. The predicted octanol–water partition coefficient (Wildman–Crippen LogP) is 5.15. The summed E-state index contributed by atoms with van der Waals surface area (Å²) >= 11 is 6.13. The van der Waals surface area contributed by atoms with Gasteiger partial charge in [0, 0.05) is 17.3 Å². The van der Waals surface area contributed by atoms with Gasteiger partial charge in [-0.15, -0.1) is 0 Å². The lowest BCUT2D eigenvalue weighted by Gasteiger charge is -2.31. The molecule has 0 bridgehead atoms. The topological polar surface area (TPSA) is 63.4 Å². The molecule has 0 atom stereocenters. The van der Waals surface area contributed by atoms with Gasteiger partial charge in [-0.1, -0.05) is 17.7 Å². The summed E-state index contributed by atoms with van der Waals surface area (Å²) in [5.41, 5.74) is 5.68. The molecule has 160 valence electrons. The summed E-state index contributed by atoms with van der Waals surface area (Å²) in [5.74, 6) is -4.06. The fraction of sp³-hybridized carbons (Fsp3) is 0.217. The number of rotatable bonds is 3. The van der Waals surface area contributed by atoms with Crippen molar-refractivity contribution < 1.29 is 22.8 Å². The summed E-state index contributed by atoms with van der Waals surface area (Å²) < 4.78 is 43.5. The van der Waals surface area contributed by atoms with Crippen LogP contribution in [-0.4, -0.2) is 18.4 Å². The minimum atomic E-state index is -1.04. The second-order valence-electron chi connectivity index (χ2n) is 7.42. The number of benzene rings is 2. The van der Waals surface area contributed by atoms with Crippen LogP contribution in [0.2, 0.25) is 0 Å². The van der Waals surface area contributed by atoms with Gasteiger partial charge in [0.15, 0.2) is 0 Å². The molecule has 2 N–H and O–H groups in total. The van der Waals surface area contributed by atoms with E-state index in [1.54, 1.807) is 12.1 Å². The number of anilines is 1. The lowest BCUT2D eigenvalue weighted by atomic mass is 9.93. The molecule has 1 aliphatic heterocycles. The zero-order valence-corrected chi connectivity index (χ0v) is 17.1. The van der Waals surface area contributed by atoms with Crippen molar-refractivity contribution in [3.8, 4) is 11.1 Å². The van der Waals surface area contributed by atoms with Gasteiger partial charge in [-0.2, -0.15) is 0 Å². The second-order valence-corrected chi connectivity index (χ2v) is 7.88. The maximum Gasteiger partial charge on any atom is 0.262 e. The molecule has 0 radical (unpaired) electrons. The highest BCUT2D eigenvalue weighted by Crippen LogP contribution is 2.37. The van der Waals surface area contributed by atoms with Crippen LogP contribution >= 0.6 is 11.6 Å². The Kier molecular flexibility index (Phi) is 5.62. The molecule has 0 unspecified atom stereocenters. The lowest BCUT2D eigenvalue weighted by molar-refractivity contribution is -0.115. The number of aryl methyl sites for hydroxylation is 1. The average molecular weight is 447 g/mol. The Balaban J connectivity index is 1.76. The minimum Gasteiger partial charge on any atom is -0.366 e. The minimum absolute atomic E-state index is 0.143. The van der Waals surface area contributed by atoms with Crippen molar-refractivity contribution in [2.24, 2.45) is 5.73 Å². The number of primary amides is 1. The Morgan fingerprint density at radius 2 is 1.84 bits per heavy atom. The van der Waals surface area contributed by atoms with E-state index in [0.717, 1.165) is 12.1 Å². The molecular formula is C23H18ClF3N2O2. The molecule has 1 heterocycles. The molecule has 8 heteroatoms. The Morgan fingerprint density at radius 1 is 1.06 bits per heavy atom. The van der Waals surface area contributed by atoms with Crippen LogP contribution in [0.5, 0.6) is 0 Å². The summed E-state index contributed by atoms with van der Waals surface area (Å²) in [7, 11) is 0. The van der Waals surface area contributed by atoms with Gasteiger partial charge in [-0.3, -0.25) is 9.59 Å². The van der Waals surface area contributed by atoms with Crippen LogP contribution < -0.4 is 10.6 Å². The van der Waals surface area contributed by atoms with Crippen molar-refractivity contribution in [1.82, 2.24) is 0 Å². The Labute approximate surface area is 181 Å². The van der Waals surface area contributed by atoms with Crippen molar-refractivity contribution in [3.05, 3.63) is 75.6 Å². The molecule has 2 aromatic carbocycles. The molecule has 4 nitrogen and oxygen atoms in total. The molecule has 4 rings (SSSR count). The molecule has 0 fully saturated rings. The summed E-state index contributed by atoms with van der Waals surface area (Å²) in [6.45, 7) is 0.367. The molecule has 0 aromatic heterocycles. The molecule has 0 spiro atoms. The van der Waals surface area contributed by atoms with Gasteiger partial charge in [0.1, 0.15) is 17.5 Å². The van der Waals surface area contributed by atoms with Gasteiger partial charge in [-0.25, -0.2) is 13.2 Å². The number of carbonyl (C=O) groups excluding carboxylic acids is 2. The fourth-order valence-corrected chi connectivity index (χ4v) is 4.29. The quantitative estimate of drug-likeness (QED) is 0.708. The molecule has 2 amide bonds. The predicted molar refractivity (Wildman–Crippen MR) is 112 cm³/mol. The summed E-state index contributed by atoms with van der Waals surface area (Å²) in [6.07, 6.45) is 3.32. The lowest BCUT2D eigenvalue weighted by Crippen LogP contribution is -2.37. The first-order valence-electron chi connectivity index (χ1n) is 9.77. The van der Waals surface area contributed by atoms with Crippen LogP contribution in [0.1, 0.15) is 35.2 Å². The monoisotopic (exact) mass is 446 g/mol. The molecular weight excluding hydrogens is 429 g/mol. The van der Waals surface area contributed by atoms with Crippen molar-refractivity contribution in [2.75, 3.05) is 11.4 Å². The maximum atomic E-state index is 14.8. The summed E-state index contributed by atoms with van der Waals surface area (Å²) in [6, 6.07) is 6.58. The van der Waals surface area contributed by atoms with Crippen molar-refractivity contribution in [2.45, 2.75) is 25.7 Å². The van der Waals surface area contributed by atoms with Gasteiger partial charge in [0.05, 0.1) is 16.7 Å². The number of fused-ring (bicyclic) bond motifs is 1. The number of nitrogens with zero attached hydrogens (tertiary/aromatic N) is 1. The van der Waals surface area contributed by atoms with Crippen LogP contribution in [-0.2, 0) is 11.2 Å². The second kappa shape index (κ2) is 8.23. The van der Waals surface area contributed by atoms with E-state index < -0.39 is 34.8 Å². The average Bonchev–Trinajstić information content (AvgIpc) is 2.72. The van der Waals surface area contributed by atoms with E-state index in [-0.39, 0.29) is 21.7 Å². The first-order chi connectivity index (χ1) is 14.8. The number of amides is 2. The van der Waals surface area contributed by atoms with E-state index in [0.29, 0.717) is 43.5 Å². The van der Waals surface area contributed by atoms with Gasteiger partial charge in [0.25, 0.3) is 11.8 Å². The van der Waals surface area contributed by atoms with Gasteiger partial charge in [-0.05, 0) is 67.2 Å². The van der Waals surface area contributed by atoms with Crippen LogP contribution in [0, 0.1) is 11.6 Å². The van der Waals surface area contributed by atoms with Crippen molar-refractivity contribution in [1.29, 1.82) is 0 Å². The number of carbonyl (C=O) groups is 2. The molecule has 1 aliphatic carbocycles.